The normalized spacial score (nSPS) is 19.8. The monoisotopic (exact) mass is 1070 g/mol. The number of aromatic nitrogens is 3. The Kier molecular flexibility index (Phi) is 15.6. The van der Waals surface area contributed by atoms with Crippen LogP contribution in [0.2, 0.25) is 0 Å². The molecule has 4 aliphatic rings. The van der Waals surface area contributed by atoms with E-state index in [0.717, 1.165) is 86.3 Å². The first kappa shape index (κ1) is 51.4. The molecule has 72 heavy (non-hydrogen) atoms. The fraction of sp³-hybridized carbons (Fsp3) is 0.472. The first-order valence-corrected chi connectivity index (χ1v) is 28.6. The largest absolute Gasteiger partial charge is 0.492 e. The van der Waals surface area contributed by atoms with Gasteiger partial charge >= 0.3 is 0 Å². The molecule has 9 rings (SSSR count). The maximum absolute atomic E-state index is 15.3. The second kappa shape index (κ2) is 21.9. The summed E-state index contributed by atoms with van der Waals surface area (Å²) >= 11 is 3.61. The zero-order valence-electron chi connectivity index (χ0n) is 41.7. The van der Waals surface area contributed by atoms with Crippen molar-refractivity contribution >= 4 is 91.5 Å². The van der Waals surface area contributed by atoms with Crippen LogP contribution in [0.4, 0.5) is 43.3 Å². The summed E-state index contributed by atoms with van der Waals surface area (Å²) in [6, 6.07) is 14.5. The first-order chi connectivity index (χ1) is 34.6. The lowest BCUT2D eigenvalue weighted by Crippen LogP contribution is -2.54. The number of piperazine rings is 1. The fourth-order valence-corrected chi connectivity index (χ4v) is 12.7. The van der Waals surface area contributed by atoms with Gasteiger partial charge in [-0.25, -0.2) is 13.8 Å². The summed E-state index contributed by atoms with van der Waals surface area (Å²) < 4.78 is 51.0. The van der Waals surface area contributed by atoms with Crippen LogP contribution in [0, 0.1) is 24.5 Å². The van der Waals surface area contributed by atoms with Gasteiger partial charge in [-0.3, -0.25) is 29.6 Å². The number of fused-ring (bicyclic) bond motifs is 1. The Morgan fingerprint density at radius 3 is 2.31 bits per heavy atom. The number of halogens is 3. The quantitative estimate of drug-likeness (QED) is 0.0673. The molecule has 0 spiro atoms. The van der Waals surface area contributed by atoms with Crippen molar-refractivity contribution in [3.05, 3.63) is 87.7 Å². The summed E-state index contributed by atoms with van der Waals surface area (Å²) in [4.78, 5) is 61.0. The summed E-state index contributed by atoms with van der Waals surface area (Å²) in [7, 11) is -2.76. The number of anilines is 6. The number of rotatable bonds is 15. The molecule has 0 aliphatic carbocycles. The number of carbonyl (C=O) groups excluding carboxylic acids is 3. The predicted octanol–water partition coefficient (Wildman–Crippen LogP) is 9.01. The molecule has 2 aromatic heterocycles. The van der Waals surface area contributed by atoms with E-state index >= 15 is 8.78 Å². The highest BCUT2D eigenvalue weighted by Crippen LogP contribution is 2.43. The Morgan fingerprint density at radius 1 is 0.875 bits per heavy atom. The number of nitrogens with zero attached hydrogens (tertiary/aromatic N) is 7. The van der Waals surface area contributed by atoms with Crippen molar-refractivity contribution in [2.75, 3.05) is 92.7 Å². The van der Waals surface area contributed by atoms with Crippen LogP contribution in [0.1, 0.15) is 81.5 Å². The average molecular weight is 1070 g/mol. The molecular weight excluding hydrogens is 1010 g/mol. The zero-order valence-corrected chi connectivity index (χ0v) is 44.2. The molecule has 19 heteroatoms. The van der Waals surface area contributed by atoms with E-state index in [1.165, 1.54) is 12.1 Å². The third-order valence-electron chi connectivity index (χ3n) is 14.7. The number of amides is 3. The van der Waals surface area contributed by atoms with Crippen LogP contribution in [-0.4, -0.2) is 121 Å². The van der Waals surface area contributed by atoms with E-state index in [1.807, 2.05) is 60.0 Å². The molecule has 3 N–H and O–H groups in total. The summed E-state index contributed by atoms with van der Waals surface area (Å²) in [5.41, 5.74) is 5.09. The highest BCUT2D eigenvalue weighted by molar-refractivity contribution is 9.10. The van der Waals surface area contributed by atoms with E-state index in [2.05, 4.69) is 58.6 Å². The van der Waals surface area contributed by atoms with Gasteiger partial charge in [-0.2, -0.15) is 4.98 Å². The Bertz CT molecular complexity index is 2900. The van der Waals surface area contributed by atoms with Gasteiger partial charge in [0.1, 0.15) is 30.3 Å². The van der Waals surface area contributed by atoms with Gasteiger partial charge in [0.25, 0.3) is 0 Å². The number of hydrogen-bond acceptors (Lipinski definition) is 13. The SMILES string of the molecule is CCOc1cc(N2CCC(N3CCN(CCC4CCN(c5cc(F)c(C6CCC(=O)NC6=O)c(F)c5)CC4)CC3)CC2=O)c(CC)cc1Nc1ncc(Br)c(Nc2ccc3nc(C)ccc3c2P(C)(C)=O)n1. The van der Waals surface area contributed by atoms with Crippen LogP contribution < -0.4 is 35.8 Å². The Hall–Kier alpha value is -5.55. The van der Waals surface area contributed by atoms with E-state index < -0.39 is 36.5 Å². The van der Waals surface area contributed by atoms with Crippen LogP contribution in [0.3, 0.4) is 0 Å². The molecule has 382 valence electrons. The standard InChI is InChI=1S/C53H64BrF2N10O5P/c1-6-34-26-44(60-53-57-31-39(54)51(62-53)59-43-12-11-42-37(9-8-32(3)58-42)50(43)72(4,5)70)46(71-7-2)30-45(34)66-21-17-35(29-48(66)68)65-24-22-63(23-25-65)18-14-33-15-19-64(20-16-33)36-27-40(55)49(41(56)28-36)38-10-13-47(67)61-52(38)69/h8-9,11-12,26-28,30-31,33,35,38H,6-7,10,13-25,29H2,1-5H3,(H,61,67,69)(H2,57,59,60,62). The molecule has 5 aromatic rings. The molecule has 6 heterocycles. The summed E-state index contributed by atoms with van der Waals surface area (Å²) in [5, 5.41) is 10.5. The van der Waals surface area contributed by atoms with E-state index in [4.69, 9.17) is 9.72 Å². The maximum Gasteiger partial charge on any atom is 0.234 e. The lowest BCUT2D eigenvalue weighted by atomic mass is 9.89. The minimum atomic E-state index is -2.76. The number of nitrogens with one attached hydrogen (secondary N) is 3. The zero-order chi connectivity index (χ0) is 50.8. The van der Waals surface area contributed by atoms with Gasteiger partial charge < -0.3 is 34.6 Å². The molecule has 15 nitrogen and oxygen atoms in total. The van der Waals surface area contributed by atoms with Crippen molar-refractivity contribution in [1.82, 2.24) is 30.1 Å². The van der Waals surface area contributed by atoms with Crippen LogP contribution in [0.15, 0.2) is 59.2 Å². The maximum atomic E-state index is 15.3. The Labute approximate surface area is 428 Å². The van der Waals surface area contributed by atoms with Gasteiger partial charge in [0.2, 0.25) is 23.7 Å². The molecule has 0 radical (unpaired) electrons. The number of aryl methyl sites for hydroxylation is 2. The Morgan fingerprint density at radius 2 is 1.62 bits per heavy atom. The van der Waals surface area contributed by atoms with E-state index in [-0.39, 0.29) is 30.4 Å². The lowest BCUT2D eigenvalue weighted by Gasteiger charge is -2.43. The van der Waals surface area contributed by atoms with Crippen LogP contribution >= 0.6 is 23.1 Å². The molecule has 4 fully saturated rings. The van der Waals surface area contributed by atoms with Crippen molar-refractivity contribution in [2.45, 2.75) is 84.1 Å². The molecule has 0 bridgehead atoms. The van der Waals surface area contributed by atoms with Crippen LogP contribution in [0.5, 0.6) is 5.75 Å². The molecule has 0 saturated carbocycles. The fourth-order valence-electron chi connectivity index (χ4n) is 10.9. The van der Waals surface area contributed by atoms with Gasteiger partial charge in [0.15, 0.2) is 0 Å². The van der Waals surface area contributed by atoms with E-state index in [0.29, 0.717) is 89.4 Å². The topological polar surface area (TPSA) is 165 Å². The average Bonchev–Trinajstić information content (AvgIpc) is 3.35. The van der Waals surface area contributed by atoms with Crippen molar-refractivity contribution in [3.63, 3.8) is 0 Å². The molecule has 3 aromatic carbocycles. The summed E-state index contributed by atoms with van der Waals surface area (Å²) in [5.74, 6) is -1.55. The van der Waals surface area contributed by atoms with Crippen molar-refractivity contribution in [3.8, 4) is 5.75 Å². The highest BCUT2D eigenvalue weighted by atomic mass is 79.9. The first-order valence-electron chi connectivity index (χ1n) is 25.2. The number of imide groups is 1. The minimum absolute atomic E-state index is 0.0582. The number of carbonyl (C=O) groups is 3. The van der Waals surface area contributed by atoms with Crippen molar-refractivity contribution in [1.29, 1.82) is 0 Å². The predicted molar refractivity (Wildman–Crippen MR) is 283 cm³/mol. The van der Waals surface area contributed by atoms with Gasteiger partial charge in [0, 0.05) is 105 Å². The number of ether oxygens (including phenoxy) is 1. The number of hydrogen-bond donors (Lipinski definition) is 3. The second-order valence-electron chi connectivity index (χ2n) is 19.9. The van der Waals surface area contributed by atoms with Crippen molar-refractivity contribution in [2.24, 2.45) is 5.92 Å². The number of pyridine rings is 1. The van der Waals surface area contributed by atoms with E-state index in [1.54, 1.807) is 19.5 Å². The van der Waals surface area contributed by atoms with Gasteiger partial charge in [-0.15, -0.1) is 0 Å². The number of piperidine rings is 3. The molecule has 2 atom stereocenters. The van der Waals surface area contributed by atoms with Crippen molar-refractivity contribution < 1.29 is 32.5 Å². The third-order valence-corrected chi connectivity index (χ3v) is 16.9. The van der Waals surface area contributed by atoms with Gasteiger partial charge in [0.05, 0.1) is 39.6 Å². The molecule has 4 saturated heterocycles. The van der Waals surface area contributed by atoms with Gasteiger partial charge in [-0.05, 0) is 136 Å². The number of benzene rings is 3. The van der Waals surface area contributed by atoms with Gasteiger partial charge in [-0.1, -0.05) is 13.0 Å². The van der Waals surface area contributed by atoms with E-state index in [9.17, 15) is 18.9 Å². The smallest absolute Gasteiger partial charge is 0.234 e. The lowest BCUT2D eigenvalue weighted by molar-refractivity contribution is -0.134. The van der Waals surface area contributed by atoms with Crippen LogP contribution in [0.25, 0.3) is 10.9 Å². The second-order valence-corrected chi connectivity index (χ2v) is 23.9. The third kappa shape index (κ3) is 11.3. The highest BCUT2D eigenvalue weighted by Gasteiger charge is 2.35. The summed E-state index contributed by atoms with van der Waals surface area (Å²) in [6.07, 6.45) is 6.74. The minimum Gasteiger partial charge on any atom is -0.492 e. The Balaban J connectivity index is 0.777. The molecule has 3 amide bonds. The summed E-state index contributed by atoms with van der Waals surface area (Å²) in [6.45, 7) is 16.6. The van der Waals surface area contributed by atoms with Crippen LogP contribution in [-0.2, 0) is 25.4 Å². The molecule has 4 aliphatic heterocycles. The molecular formula is C53H64BrF2N10O5P. The molecule has 2 unspecified atom stereocenters.